The molecule has 110 valence electrons. The second-order valence-electron chi connectivity index (χ2n) is 4.06. The molecule has 0 radical (unpaired) electrons. The summed E-state index contributed by atoms with van der Waals surface area (Å²) < 4.78 is 40.0. The third-order valence-electron chi connectivity index (χ3n) is 2.54. The molecule has 10 heteroatoms. The number of nitrogens with one attached hydrogen (secondary N) is 1. The van der Waals surface area contributed by atoms with E-state index in [-0.39, 0.29) is 16.1 Å². The van der Waals surface area contributed by atoms with Crippen molar-refractivity contribution in [3.05, 3.63) is 52.3 Å². The van der Waals surface area contributed by atoms with E-state index in [0.29, 0.717) is 6.07 Å². The number of hydrogen-bond acceptors (Lipinski definition) is 6. The van der Waals surface area contributed by atoms with E-state index in [4.69, 9.17) is 0 Å². The van der Waals surface area contributed by atoms with Gasteiger partial charge in [0.25, 0.3) is 10.0 Å². The molecule has 0 aliphatic carbocycles. The van der Waals surface area contributed by atoms with Crippen molar-refractivity contribution in [1.82, 2.24) is 9.97 Å². The lowest BCUT2D eigenvalue weighted by Gasteiger charge is -2.09. The Kier molecular flexibility index (Phi) is 3.80. The topological polar surface area (TPSA) is 115 Å². The van der Waals surface area contributed by atoms with Crippen molar-refractivity contribution in [2.24, 2.45) is 0 Å². The van der Waals surface area contributed by atoms with Crippen LogP contribution in [0, 0.1) is 22.9 Å². The Labute approximate surface area is 118 Å². The van der Waals surface area contributed by atoms with Crippen molar-refractivity contribution < 1.29 is 17.7 Å². The Bertz CT molecular complexity index is 795. The van der Waals surface area contributed by atoms with Crippen molar-refractivity contribution >= 4 is 21.4 Å². The average molecular weight is 312 g/mol. The number of benzene rings is 1. The second-order valence-corrected chi connectivity index (χ2v) is 5.71. The molecule has 0 atom stereocenters. The monoisotopic (exact) mass is 312 g/mol. The highest BCUT2D eigenvalue weighted by molar-refractivity contribution is 7.92. The third kappa shape index (κ3) is 3.11. The summed E-state index contributed by atoms with van der Waals surface area (Å²) in [4.78, 5) is 16.6. The van der Waals surface area contributed by atoms with Gasteiger partial charge in [0.15, 0.2) is 0 Å². The first-order chi connectivity index (χ1) is 9.81. The molecule has 1 heterocycles. The highest BCUT2D eigenvalue weighted by Gasteiger charge is 2.24. The van der Waals surface area contributed by atoms with Crippen LogP contribution in [0.5, 0.6) is 0 Å². The summed E-state index contributed by atoms with van der Waals surface area (Å²) >= 11 is 0. The van der Waals surface area contributed by atoms with Crippen molar-refractivity contribution in [2.45, 2.75) is 11.8 Å². The second kappa shape index (κ2) is 5.40. The number of nitro benzene ring substituents is 1. The van der Waals surface area contributed by atoms with Gasteiger partial charge in [-0.25, -0.2) is 18.4 Å². The molecule has 0 amide bonds. The van der Waals surface area contributed by atoms with Crippen LogP contribution in [0.15, 0.2) is 35.7 Å². The molecule has 0 unspecified atom stereocenters. The Morgan fingerprint density at radius 2 is 1.90 bits per heavy atom. The van der Waals surface area contributed by atoms with Crippen LogP contribution < -0.4 is 4.72 Å². The quantitative estimate of drug-likeness (QED) is 0.677. The van der Waals surface area contributed by atoms with Gasteiger partial charge in [0.1, 0.15) is 6.33 Å². The van der Waals surface area contributed by atoms with Crippen LogP contribution >= 0.6 is 0 Å². The van der Waals surface area contributed by atoms with Crippen LogP contribution in [0.2, 0.25) is 0 Å². The maximum Gasteiger partial charge on any atom is 0.306 e. The van der Waals surface area contributed by atoms with Crippen LogP contribution in [-0.2, 0) is 10.0 Å². The zero-order valence-corrected chi connectivity index (χ0v) is 11.5. The van der Waals surface area contributed by atoms with Crippen molar-refractivity contribution in [1.29, 1.82) is 0 Å². The van der Waals surface area contributed by atoms with Gasteiger partial charge in [-0.1, -0.05) is 0 Å². The summed E-state index contributed by atoms with van der Waals surface area (Å²) in [5.74, 6) is -1.10. The Balaban J connectivity index is 2.50. The van der Waals surface area contributed by atoms with Gasteiger partial charge in [-0.2, -0.15) is 4.39 Å². The van der Waals surface area contributed by atoms with E-state index in [1.165, 1.54) is 25.6 Å². The molecule has 2 rings (SSSR count). The first kappa shape index (κ1) is 14.8. The molecule has 1 aromatic heterocycles. The minimum Gasteiger partial charge on any atom is -0.276 e. The van der Waals surface area contributed by atoms with E-state index < -0.39 is 26.5 Å². The van der Waals surface area contributed by atoms with Crippen LogP contribution in [0.1, 0.15) is 5.56 Å². The van der Waals surface area contributed by atoms with Gasteiger partial charge in [-0.15, -0.1) is 0 Å². The molecule has 21 heavy (non-hydrogen) atoms. The molecule has 1 aromatic carbocycles. The summed E-state index contributed by atoms with van der Waals surface area (Å²) in [6.45, 7) is 1.34. The van der Waals surface area contributed by atoms with E-state index in [1.807, 2.05) is 0 Å². The van der Waals surface area contributed by atoms with Gasteiger partial charge in [0.05, 0.1) is 27.9 Å². The normalized spacial score (nSPS) is 11.1. The number of nitrogens with zero attached hydrogens (tertiary/aromatic N) is 3. The van der Waals surface area contributed by atoms with E-state index in [1.54, 1.807) is 0 Å². The van der Waals surface area contributed by atoms with Crippen molar-refractivity contribution in [3.8, 4) is 0 Å². The summed E-state index contributed by atoms with van der Waals surface area (Å²) in [5.41, 5.74) is -0.781. The first-order valence-electron chi connectivity index (χ1n) is 5.53. The lowest BCUT2D eigenvalue weighted by Crippen LogP contribution is -2.15. The molecular formula is C11H9FN4O4S. The summed E-state index contributed by atoms with van der Waals surface area (Å²) in [6.07, 6.45) is 3.65. The zero-order valence-electron chi connectivity index (χ0n) is 10.6. The van der Waals surface area contributed by atoms with E-state index >= 15 is 0 Å². The number of aromatic nitrogens is 2. The molecular weight excluding hydrogens is 303 g/mol. The van der Waals surface area contributed by atoms with Crippen LogP contribution in [0.25, 0.3) is 0 Å². The van der Waals surface area contributed by atoms with E-state index in [9.17, 15) is 22.9 Å². The molecule has 0 fully saturated rings. The predicted octanol–water partition coefficient (Wildman–Crippen LogP) is 1.63. The summed E-state index contributed by atoms with van der Waals surface area (Å²) in [6, 6.07) is 1.48. The van der Waals surface area contributed by atoms with E-state index in [2.05, 4.69) is 14.7 Å². The molecule has 0 saturated heterocycles. The van der Waals surface area contributed by atoms with Crippen LogP contribution in [0.3, 0.4) is 0 Å². The highest BCUT2D eigenvalue weighted by atomic mass is 32.2. The summed E-state index contributed by atoms with van der Waals surface area (Å²) in [5, 5.41) is 10.7. The van der Waals surface area contributed by atoms with E-state index in [0.717, 1.165) is 6.07 Å². The van der Waals surface area contributed by atoms with Crippen molar-refractivity contribution in [3.63, 3.8) is 0 Å². The molecule has 8 nitrogen and oxygen atoms in total. The number of aryl methyl sites for hydroxylation is 1. The van der Waals surface area contributed by atoms with Gasteiger partial charge < -0.3 is 0 Å². The predicted molar refractivity (Wildman–Crippen MR) is 70.6 cm³/mol. The largest absolute Gasteiger partial charge is 0.306 e. The van der Waals surface area contributed by atoms with Gasteiger partial charge in [-0.05, 0) is 18.6 Å². The lowest BCUT2D eigenvalue weighted by molar-refractivity contribution is -0.387. The SMILES string of the molecule is Cc1cc(F)c([N+](=O)[O-])cc1S(=O)(=O)Nc1cncnc1. The molecule has 0 saturated carbocycles. The smallest absolute Gasteiger partial charge is 0.276 e. The minimum absolute atomic E-state index is 0.0439. The maximum absolute atomic E-state index is 13.4. The summed E-state index contributed by atoms with van der Waals surface area (Å²) in [7, 11) is -4.12. The number of halogens is 1. The lowest BCUT2D eigenvalue weighted by atomic mass is 10.2. The standard InChI is InChI=1S/C11H9FN4O4S/c1-7-2-9(12)10(16(17)18)3-11(7)21(19,20)15-8-4-13-6-14-5-8/h2-6,15H,1H3. The average Bonchev–Trinajstić information content (AvgIpc) is 2.38. The molecule has 1 N–H and O–H groups in total. The fourth-order valence-electron chi connectivity index (χ4n) is 1.63. The van der Waals surface area contributed by atoms with Crippen molar-refractivity contribution in [2.75, 3.05) is 4.72 Å². The molecule has 2 aromatic rings. The highest BCUT2D eigenvalue weighted by Crippen LogP contribution is 2.26. The number of sulfonamides is 1. The fourth-order valence-corrected chi connectivity index (χ4v) is 2.91. The van der Waals surface area contributed by atoms with Gasteiger partial charge in [0, 0.05) is 6.07 Å². The van der Waals surface area contributed by atoms with Crippen LogP contribution in [0.4, 0.5) is 15.8 Å². The maximum atomic E-state index is 13.4. The molecule has 0 aliphatic heterocycles. The molecule has 0 aliphatic rings. The number of rotatable bonds is 4. The number of nitro groups is 1. The first-order valence-corrected chi connectivity index (χ1v) is 7.02. The van der Waals surface area contributed by atoms with Crippen LogP contribution in [-0.4, -0.2) is 23.3 Å². The third-order valence-corrected chi connectivity index (χ3v) is 4.07. The Hall–Kier alpha value is -2.62. The molecule has 0 bridgehead atoms. The number of hydrogen-bond donors (Lipinski definition) is 1. The van der Waals surface area contributed by atoms with Gasteiger partial charge >= 0.3 is 5.69 Å². The van der Waals surface area contributed by atoms with Gasteiger partial charge in [0.2, 0.25) is 5.82 Å². The number of anilines is 1. The fraction of sp³-hybridized carbons (Fsp3) is 0.0909. The zero-order chi connectivity index (χ0) is 15.6. The Morgan fingerprint density at radius 3 is 2.48 bits per heavy atom. The minimum atomic E-state index is -4.12. The molecule has 0 spiro atoms. The van der Waals surface area contributed by atoms with Gasteiger partial charge in [-0.3, -0.25) is 14.8 Å². The Morgan fingerprint density at radius 1 is 1.29 bits per heavy atom.